The molecule has 23 heavy (non-hydrogen) atoms. The van der Waals surface area contributed by atoms with E-state index in [0.717, 1.165) is 6.54 Å². The lowest BCUT2D eigenvalue weighted by molar-refractivity contribution is 0.698. The van der Waals surface area contributed by atoms with Gasteiger partial charge in [0.05, 0.1) is 0 Å². The van der Waals surface area contributed by atoms with Crippen molar-refractivity contribution in [2.45, 2.75) is 25.7 Å². The quantitative estimate of drug-likeness (QED) is 0.354. The van der Waals surface area contributed by atoms with Crippen LogP contribution in [0.2, 0.25) is 0 Å². The summed E-state index contributed by atoms with van der Waals surface area (Å²) < 4.78 is 1.29. The summed E-state index contributed by atoms with van der Waals surface area (Å²) in [5.74, 6) is 0. The Bertz CT molecular complexity index is 766. The lowest BCUT2D eigenvalue weighted by atomic mass is 10.0. The molecular formula is C21H22IN. The van der Waals surface area contributed by atoms with E-state index in [2.05, 4.69) is 94.6 Å². The van der Waals surface area contributed by atoms with Gasteiger partial charge in [-0.2, -0.15) is 0 Å². The van der Waals surface area contributed by atoms with Gasteiger partial charge >= 0.3 is 0 Å². The summed E-state index contributed by atoms with van der Waals surface area (Å²) in [5.41, 5.74) is 2.71. The van der Waals surface area contributed by atoms with Crippen molar-refractivity contribution in [2.75, 3.05) is 11.9 Å². The fraction of sp³-hybridized carbons (Fsp3) is 0.238. The second kappa shape index (κ2) is 8.34. The topological polar surface area (TPSA) is 12.0 Å². The third-order valence-corrected chi connectivity index (χ3v) is 5.09. The minimum Gasteiger partial charge on any atom is -0.384 e. The fourth-order valence-corrected chi connectivity index (χ4v) is 3.43. The van der Waals surface area contributed by atoms with E-state index < -0.39 is 0 Å². The summed E-state index contributed by atoms with van der Waals surface area (Å²) in [6, 6.07) is 23.9. The van der Waals surface area contributed by atoms with Crippen molar-refractivity contribution in [3.63, 3.8) is 0 Å². The van der Waals surface area contributed by atoms with Gasteiger partial charge in [0.1, 0.15) is 0 Å². The van der Waals surface area contributed by atoms with Crippen molar-refractivity contribution in [3.8, 4) is 0 Å². The van der Waals surface area contributed by atoms with Crippen LogP contribution in [0.5, 0.6) is 0 Å². The average Bonchev–Trinajstić information content (AvgIpc) is 2.59. The van der Waals surface area contributed by atoms with Gasteiger partial charge in [0.25, 0.3) is 0 Å². The van der Waals surface area contributed by atoms with Crippen molar-refractivity contribution in [2.24, 2.45) is 0 Å². The maximum Gasteiger partial charge on any atom is 0.0475 e. The van der Waals surface area contributed by atoms with Gasteiger partial charge in [0.15, 0.2) is 0 Å². The van der Waals surface area contributed by atoms with Crippen LogP contribution in [0.3, 0.4) is 0 Å². The van der Waals surface area contributed by atoms with Crippen LogP contribution in [0.1, 0.15) is 24.8 Å². The third-order valence-electron chi connectivity index (χ3n) is 4.15. The molecule has 0 amide bonds. The molecule has 0 aliphatic heterocycles. The summed E-state index contributed by atoms with van der Waals surface area (Å²) in [7, 11) is 0. The maximum absolute atomic E-state index is 3.53. The molecule has 0 spiro atoms. The van der Waals surface area contributed by atoms with E-state index in [4.69, 9.17) is 0 Å². The van der Waals surface area contributed by atoms with E-state index in [0.29, 0.717) is 0 Å². The van der Waals surface area contributed by atoms with Crippen LogP contribution in [0, 0.1) is 3.57 Å². The minimum absolute atomic E-state index is 1.05. The highest BCUT2D eigenvalue weighted by Gasteiger charge is 1.98. The minimum atomic E-state index is 1.05. The summed E-state index contributed by atoms with van der Waals surface area (Å²) in [5, 5.41) is 6.21. The van der Waals surface area contributed by atoms with E-state index >= 15 is 0 Å². The summed E-state index contributed by atoms with van der Waals surface area (Å²) in [4.78, 5) is 0. The Morgan fingerprint density at radius 2 is 1.52 bits per heavy atom. The molecule has 1 nitrogen and oxygen atoms in total. The first-order valence-corrected chi connectivity index (χ1v) is 9.37. The van der Waals surface area contributed by atoms with Gasteiger partial charge < -0.3 is 5.32 Å². The van der Waals surface area contributed by atoms with Crippen molar-refractivity contribution >= 4 is 39.1 Å². The van der Waals surface area contributed by atoms with Crippen LogP contribution in [0.25, 0.3) is 10.8 Å². The fourth-order valence-electron chi connectivity index (χ4n) is 2.85. The van der Waals surface area contributed by atoms with Crippen LogP contribution < -0.4 is 5.32 Å². The molecule has 118 valence electrons. The highest BCUT2D eigenvalue weighted by Crippen LogP contribution is 2.18. The summed E-state index contributed by atoms with van der Waals surface area (Å²) in [6.45, 7) is 1.05. The second-order valence-corrected chi connectivity index (χ2v) is 7.06. The summed E-state index contributed by atoms with van der Waals surface area (Å²) in [6.07, 6.45) is 4.92. The lowest BCUT2D eigenvalue weighted by Crippen LogP contribution is -2.02. The number of benzene rings is 3. The van der Waals surface area contributed by atoms with Crippen molar-refractivity contribution in [1.82, 2.24) is 0 Å². The number of para-hydroxylation sites is 1. The molecule has 0 heterocycles. The SMILES string of the molecule is Ic1ccccc1NCCCCCc1ccc2ccccc2c1. The van der Waals surface area contributed by atoms with Gasteiger partial charge in [-0.15, -0.1) is 0 Å². The predicted molar refractivity (Wildman–Crippen MR) is 109 cm³/mol. The van der Waals surface area contributed by atoms with Crippen molar-refractivity contribution in [3.05, 3.63) is 75.9 Å². The number of hydrogen-bond donors (Lipinski definition) is 1. The number of aryl methyl sites for hydroxylation is 1. The number of rotatable bonds is 7. The molecule has 0 saturated heterocycles. The zero-order valence-corrected chi connectivity index (χ0v) is 15.4. The number of unbranched alkanes of at least 4 members (excludes halogenated alkanes) is 2. The number of halogens is 1. The van der Waals surface area contributed by atoms with Crippen molar-refractivity contribution in [1.29, 1.82) is 0 Å². The van der Waals surface area contributed by atoms with Gasteiger partial charge in [-0.05, 0) is 70.3 Å². The zero-order chi connectivity index (χ0) is 15.9. The van der Waals surface area contributed by atoms with Crippen LogP contribution >= 0.6 is 22.6 Å². The zero-order valence-electron chi connectivity index (χ0n) is 13.3. The third kappa shape index (κ3) is 4.71. The first kappa shape index (κ1) is 16.3. The number of hydrogen-bond acceptors (Lipinski definition) is 1. The molecule has 3 rings (SSSR count). The van der Waals surface area contributed by atoms with Crippen LogP contribution in [0.15, 0.2) is 66.7 Å². The van der Waals surface area contributed by atoms with Crippen LogP contribution in [-0.2, 0) is 6.42 Å². The Kier molecular flexibility index (Phi) is 5.92. The van der Waals surface area contributed by atoms with Gasteiger partial charge in [-0.1, -0.05) is 61.0 Å². The Balaban J connectivity index is 1.40. The molecule has 0 aromatic heterocycles. The second-order valence-electron chi connectivity index (χ2n) is 5.90. The Labute approximate surface area is 152 Å². The van der Waals surface area contributed by atoms with Crippen LogP contribution in [0.4, 0.5) is 5.69 Å². The van der Waals surface area contributed by atoms with Gasteiger partial charge in [-0.3, -0.25) is 0 Å². The number of fused-ring (bicyclic) bond motifs is 1. The molecular weight excluding hydrogens is 393 g/mol. The Hall–Kier alpha value is -1.55. The highest BCUT2D eigenvalue weighted by atomic mass is 127. The summed E-state index contributed by atoms with van der Waals surface area (Å²) >= 11 is 2.38. The largest absolute Gasteiger partial charge is 0.384 e. The molecule has 0 aliphatic carbocycles. The monoisotopic (exact) mass is 415 g/mol. The van der Waals surface area contributed by atoms with Crippen LogP contribution in [-0.4, -0.2) is 6.54 Å². The average molecular weight is 415 g/mol. The van der Waals surface area contributed by atoms with E-state index in [-0.39, 0.29) is 0 Å². The van der Waals surface area contributed by atoms with E-state index in [1.54, 1.807) is 0 Å². The van der Waals surface area contributed by atoms with Gasteiger partial charge in [0.2, 0.25) is 0 Å². The molecule has 3 aromatic carbocycles. The Morgan fingerprint density at radius 1 is 0.739 bits per heavy atom. The van der Waals surface area contributed by atoms with Gasteiger partial charge in [-0.25, -0.2) is 0 Å². The highest BCUT2D eigenvalue weighted by molar-refractivity contribution is 14.1. The molecule has 1 N–H and O–H groups in total. The first-order valence-electron chi connectivity index (χ1n) is 8.29. The van der Waals surface area contributed by atoms with Gasteiger partial charge in [0, 0.05) is 15.8 Å². The molecule has 0 bridgehead atoms. The van der Waals surface area contributed by atoms with E-state index in [1.807, 2.05) is 0 Å². The van der Waals surface area contributed by atoms with Crippen molar-refractivity contribution < 1.29 is 0 Å². The molecule has 3 aromatic rings. The van der Waals surface area contributed by atoms with E-state index in [9.17, 15) is 0 Å². The standard InChI is InChI=1S/C21H22IN/c22-20-11-5-6-12-21(20)23-15-7-1-2-8-17-13-14-18-9-3-4-10-19(18)16-17/h3-6,9-14,16,23H,1-2,7-8,15H2. The molecule has 0 fully saturated rings. The predicted octanol–water partition coefficient (Wildman–Crippen LogP) is 6.27. The molecule has 0 unspecified atom stereocenters. The molecule has 0 saturated carbocycles. The molecule has 0 atom stereocenters. The smallest absolute Gasteiger partial charge is 0.0475 e. The number of nitrogens with one attached hydrogen (secondary N) is 1. The number of anilines is 1. The lowest BCUT2D eigenvalue weighted by Gasteiger charge is -2.08. The van der Waals surface area contributed by atoms with E-state index in [1.165, 1.54) is 51.3 Å². The molecule has 0 radical (unpaired) electrons. The Morgan fingerprint density at radius 3 is 2.39 bits per heavy atom. The molecule has 2 heteroatoms. The molecule has 0 aliphatic rings. The first-order chi connectivity index (χ1) is 11.3. The maximum atomic E-state index is 3.53. The normalized spacial score (nSPS) is 10.8.